The number of aliphatic carboxylic acids is 1. The van der Waals surface area contributed by atoms with Crippen molar-refractivity contribution in [1.82, 2.24) is 30.4 Å². The van der Waals surface area contributed by atoms with Crippen LogP contribution in [0.3, 0.4) is 0 Å². The second kappa shape index (κ2) is 25.2. The quantitative estimate of drug-likeness (QED) is 0.119. The molecule has 1 aromatic rings. The zero-order valence-electron chi connectivity index (χ0n) is 38.7. The number of nitrogens with one attached hydrogen (secondary N) is 2. The van der Waals surface area contributed by atoms with Crippen molar-refractivity contribution < 1.29 is 62.6 Å². The van der Waals surface area contributed by atoms with E-state index in [-0.39, 0.29) is 62.7 Å². The molecule has 0 aliphatic carbocycles. The van der Waals surface area contributed by atoms with Crippen molar-refractivity contribution in [3.8, 4) is 0 Å². The summed E-state index contributed by atoms with van der Waals surface area (Å²) in [6.45, 7) is 9.03. The Hall–Kier alpha value is -5.43. The highest BCUT2D eigenvalue weighted by Gasteiger charge is 2.43. The summed E-state index contributed by atoms with van der Waals surface area (Å²) >= 11 is 0. The van der Waals surface area contributed by atoms with Gasteiger partial charge in [-0.1, -0.05) is 71.4 Å². The van der Waals surface area contributed by atoms with Crippen LogP contribution in [-0.2, 0) is 63.9 Å². The molecule has 0 radical (unpaired) electrons. The summed E-state index contributed by atoms with van der Waals surface area (Å²) in [4.78, 5) is 125. The van der Waals surface area contributed by atoms with E-state index < -0.39 is 96.2 Å². The smallest absolute Gasteiger partial charge is 0.333 e. The molecule has 2 heterocycles. The molecule has 7 amide bonds. The first-order valence-corrected chi connectivity index (χ1v) is 22.0. The van der Waals surface area contributed by atoms with Crippen LogP contribution in [0.2, 0.25) is 0 Å². The van der Waals surface area contributed by atoms with Crippen LogP contribution in [-0.4, -0.2) is 156 Å². The Morgan fingerprint density at radius 3 is 2.08 bits per heavy atom. The average molecular weight is 901 g/mol. The van der Waals surface area contributed by atoms with Crippen LogP contribution in [0.1, 0.15) is 98.0 Å². The van der Waals surface area contributed by atoms with E-state index in [4.69, 9.17) is 14.3 Å². The summed E-state index contributed by atoms with van der Waals surface area (Å²) < 4.78 is 11.8. The molecule has 2 fully saturated rings. The number of hydrogen-bond donors (Lipinski definition) is 3. The van der Waals surface area contributed by atoms with Crippen LogP contribution in [0.25, 0.3) is 0 Å². The van der Waals surface area contributed by atoms with Gasteiger partial charge in [0, 0.05) is 67.0 Å². The lowest BCUT2D eigenvalue weighted by atomic mass is 9.90. The maximum Gasteiger partial charge on any atom is 0.333 e. The third-order valence-electron chi connectivity index (χ3n) is 12.3. The number of rotatable bonds is 25. The van der Waals surface area contributed by atoms with Gasteiger partial charge in [0.25, 0.3) is 11.8 Å². The van der Waals surface area contributed by atoms with Crippen LogP contribution in [0, 0.1) is 17.8 Å². The van der Waals surface area contributed by atoms with Gasteiger partial charge in [-0.2, -0.15) is 0 Å². The number of carboxylic acids is 1. The van der Waals surface area contributed by atoms with Crippen LogP contribution >= 0.6 is 0 Å². The maximum atomic E-state index is 14.2. The third kappa shape index (κ3) is 14.3. The lowest BCUT2D eigenvalue weighted by molar-refractivity contribution is -0.197. The van der Waals surface area contributed by atoms with Gasteiger partial charge >= 0.3 is 11.9 Å². The fraction of sp³-hybridized carbons (Fsp3) is 0.667. The number of amides is 7. The summed E-state index contributed by atoms with van der Waals surface area (Å²) in [5.41, 5.74) is 0.753. The summed E-state index contributed by atoms with van der Waals surface area (Å²) in [6.07, 6.45) is -0.0813. The highest BCUT2D eigenvalue weighted by Crippen LogP contribution is 2.29. The van der Waals surface area contributed by atoms with Gasteiger partial charge in [0.05, 0.1) is 43.2 Å². The molecule has 2 aliphatic heterocycles. The largest absolute Gasteiger partial charge is 0.480 e. The summed E-state index contributed by atoms with van der Waals surface area (Å²) in [7, 11) is 5.96. The van der Waals surface area contributed by atoms with E-state index in [2.05, 4.69) is 10.6 Å². The number of carboxylic acid groups (broad SMARTS) is 1. The highest BCUT2D eigenvalue weighted by molar-refractivity contribution is 6.01. The van der Waals surface area contributed by atoms with Gasteiger partial charge in [0.2, 0.25) is 29.5 Å². The van der Waals surface area contributed by atoms with E-state index >= 15 is 0 Å². The molecule has 356 valence electrons. The molecule has 3 N–H and O–H groups in total. The molecule has 0 spiro atoms. The van der Waals surface area contributed by atoms with E-state index in [1.165, 1.54) is 31.1 Å². The molecule has 2 saturated heterocycles. The topological polar surface area (TPSA) is 239 Å². The number of hydrogen-bond acceptors (Lipinski definition) is 12. The predicted octanol–water partition coefficient (Wildman–Crippen LogP) is 2.10. The monoisotopic (exact) mass is 900 g/mol. The minimum atomic E-state index is -1.17. The van der Waals surface area contributed by atoms with Gasteiger partial charge in [0.1, 0.15) is 12.1 Å². The lowest BCUT2D eigenvalue weighted by Gasteiger charge is -2.39. The van der Waals surface area contributed by atoms with Crippen molar-refractivity contribution in [2.24, 2.45) is 17.8 Å². The molecule has 2 unspecified atom stereocenters. The Labute approximate surface area is 375 Å². The summed E-state index contributed by atoms with van der Waals surface area (Å²) in [5.74, 6) is -6.78. The minimum absolute atomic E-state index is 0.0407. The number of nitrogens with zero attached hydrogens (tertiary/aromatic N) is 4. The number of likely N-dealkylation sites (N-methyl/N-ethyl adjacent to an activating group) is 2. The number of methoxy groups -OCH3 is 2. The Morgan fingerprint density at radius 1 is 0.875 bits per heavy atom. The first-order valence-electron chi connectivity index (χ1n) is 22.0. The first kappa shape index (κ1) is 52.9. The molecular formula is C45H68N6O13. The number of benzene rings is 1. The van der Waals surface area contributed by atoms with Gasteiger partial charge in [-0.15, -0.1) is 5.06 Å². The fourth-order valence-electron chi connectivity index (χ4n) is 8.52. The van der Waals surface area contributed by atoms with E-state index in [1.807, 2.05) is 19.9 Å². The predicted molar refractivity (Wildman–Crippen MR) is 231 cm³/mol. The number of carbonyl (C=O) groups is 9. The van der Waals surface area contributed by atoms with Crippen LogP contribution in [0.4, 0.5) is 0 Å². The van der Waals surface area contributed by atoms with Gasteiger partial charge in [-0.25, -0.2) is 9.59 Å². The van der Waals surface area contributed by atoms with Crippen molar-refractivity contribution in [2.75, 3.05) is 41.4 Å². The Bertz CT molecular complexity index is 1800. The SMILES string of the molecule is CCC(C)C([C@@H](CC(=O)N1CCC[C@H]1[C@H](OC)[C@@H](C)C(=O)N[C@@H](Cc1ccccc1)C(=O)O)OC)N(C)C(=O)CNC(=O)[C@H](C(C)C)N(C)C(=O)CCCC(=O)ON1C(=O)CCC1=O. The first-order chi connectivity index (χ1) is 30.3. The zero-order chi connectivity index (χ0) is 47.8. The number of imide groups is 1. The molecule has 3 rings (SSSR count). The molecule has 19 heteroatoms. The lowest BCUT2D eigenvalue weighted by Crippen LogP contribution is -2.56. The molecule has 19 nitrogen and oxygen atoms in total. The normalized spacial score (nSPS) is 18.4. The molecule has 0 saturated carbocycles. The Morgan fingerprint density at radius 2 is 1.52 bits per heavy atom. The third-order valence-corrected chi connectivity index (χ3v) is 12.3. The number of ether oxygens (including phenoxy) is 2. The van der Waals surface area contributed by atoms with Crippen molar-refractivity contribution in [3.63, 3.8) is 0 Å². The summed E-state index contributed by atoms with van der Waals surface area (Å²) in [5, 5.41) is 15.7. The number of hydroxylamine groups is 2. The molecule has 64 heavy (non-hydrogen) atoms. The molecular weight excluding hydrogens is 833 g/mol. The Kier molecular flexibility index (Phi) is 20.8. The van der Waals surface area contributed by atoms with E-state index in [0.29, 0.717) is 30.9 Å². The van der Waals surface area contributed by atoms with Gasteiger partial charge < -0.3 is 44.8 Å². The fourth-order valence-corrected chi connectivity index (χ4v) is 8.52. The maximum absolute atomic E-state index is 14.2. The Balaban J connectivity index is 1.63. The molecule has 2 aliphatic rings. The second-order valence-electron chi connectivity index (χ2n) is 17.0. The number of carbonyl (C=O) groups excluding carboxylic acids is 8. The average Bonchev–Trinajstić information content (AvgIpc) is 3.87. The molecule has 1 aromatic carbocycles. The van der Waals surface area contributed by atoms with Crippen LogP contribution < -0.4 is 10.6 Å². The standard InChI is InChI=1S/C45H68N6O13/c1-10-28(4)41(49(7)38(56)26-46-44(59)40(27(2)3)48(6)34(52)19-14-20-39(57)64-51-35(53)21-22-36(51)54)33(62-8)25-37(55)50-23-15-18-32(50)42(63-9)29(5)43(58)47-31(45(60)61)24-30-16-12-11-13-17-30/h11-13,16-17,27-29,31-33,40-42H,10,14-15,18-26H2,1-9H3,(H,46,59)(H,47,58)(H,60,61)/t28?,29-,31+,32+,33-,40+,41?,42-/m1/s1. The summed E-state index contributed by atoms with van der Waals surface area (Å²) in [6, 6.07) is 5.77. The van der Waals surface area contributed by atoms with Gasteiger partial charge in [-0.05, 0) is 36.7 Å². The molecule has 0 aromatic heterocycles. The molecule has 8 atom stereocenters. The highest BCUT2D eigenvalue weighted by atomic mass is 16.7. The molecule has 0 bridgehead atoms. The zero-order valence-corrected chi connectivity index (χ0v) is 38.7. The van der Waals surface area contributed by atoms with Crippen molar-refractivity contribution in [3.05, 3.63) is 35.9 Å². The van der Waals surface area contributed by atoms with Gasteiger partial charge in [-0.3, -0.25) is 33.6 Å². The van der Waals surface area contributed by atoms with Crippen LogP contribution in [0.5, 0.6) is 0 Å². The van der Waals surface area contributed by atoms with Crippen LogP contribution in [0.15, 0.2) is 30.3 Å². The van der Waals surface area contributed by atoms with E-state index in [0.717, 1.165) is 5.56 Å². The van der Waals surface area contributed by atoms with Crippen molar-refractivity contribution >= 4 is 53.3 Å². The van der Waals surface area contributed by atoms with Crippen molar-refractivity contribution in [1.29, 1.82) is 0 Å². The second-order valence-corrected chi connectivity index (χ2v) is 17.0. The minimum Gasteiger partial charge on any atom is -0.480 e. The number of likely N-dealkylation sites (tertiary alicyclic amines) is 1. The van der Waals surface area contributed by atoms with E-state index in [9.17, 15) is 48.3 Å². The van der Waals surface area contributed by atoms with Crippen molar-refractivity contribution in [2.45, 2.75) is 135 Å². The van der Waals surface area contributed by atoms with Gasteiger partial charge in [0.15, 0.2) is 0 Å². The van der Waals surface area contributed by atoms with E-state index in [1.54, 1.807) is 57.0 Å².